The van der Waals surface area contributed by atoms with E-state index < -0.39 is 5.60 Å². The molecule has 0 spiro atoms. The van der Waals surface area contributed by atoms with Crippen molar-refractivity contribution in [2.24, 2.45) is 10.9 Å². The summed E-state index contributed by atoms with van der Waals surface area (Å²) >= 11 is 0. The number of aliphatic imine (C=N–C) groups is 1. The molecule has 2 aromatic rings. The van der Waals surface area contributed by atoms with Crippen molar-refractivity contribution in [3.05, 3.63) is 66.2 Å². The minimum absolute atomic E-state index is 0.0838. The van der Waals surface area contributed by atoms with E-state index >= 15 is 0 Å². The number of allylic oxidation sites excluding steroid dienone is 2. The normalized spacial score (nSPS) is 12.6. The summed E-state index contributed by atoms with van der Waals surface area (Å²) in [6.07, 6.45) is 3.78. The zero-order chi connectivity index (χ0) is 34.1. The number of hydrogen-bond acceptors (Lipinski definition) is 8. The number of ether oxygens (including phenoxy) is 2. The second-order valence-electron chi connectivity index (χ2n) is 11.8. The van der Waals surface area contributed by atoms with Crippen molar-refractivity contribution in [3.8, 4) is 5.75 Å². The van der Waals surface area contributed by atoms with E-state index in [4.69, 9.17) is 9.47 Å². The minimum Gasteiger partial charge on any atom is -0.483 e. The van der Waals surface area contributed by atoms with Crippen molar-refractivity contribution in [2.75, 3.05) is 31.6 Å². The molecule has 3 N–H and O–H groups in total. The Kier molecular flexibility index (Phi) is 15.5. The molecule has 46 heavy (non-hydrogen) atoms. The molecular weight excluding hydrogens is 588 g/mol. The molecule has 0 atom stereocenters. The Bertz CT molecular complexity index is 1410. The van der Waals surface area contributed by atoms with Crippen LogP contribution in [0.4, 0.5) is 11.4 Å². The highest BCUT2D eigenvalue weighted by Crippen LogP contribution is 2.30. The van der Waals surface area contributed by atoms with Gasteiger partial charge in [0.15, 0.2) is 18.2 Å². The Morgan fingerprint density at radius 1 is 0.935 bits per heavy atom. The second kappa shape index (κ2) is 19.0. The number of para-hydroxylation sites is 3. The molecule has 0 aliphatic carbocycles. The smallest absolute Gasteiger partial charge is 0.258 e. The third kappa shape index (κ3) is 14.9. The summed E-state index contributed by atoms with van der Waals surface area (Å²) in [5, 5.41) is 8.41. The molecule has 0 fully saturated rings. The fourth-order valence-corrected chi connectivity index (χ4v) is 4.10. The summed E-state index contributed by atoms with van der Waals surface area (Å²) < 4.78 is 11.6. The molecule has 0 aromatic heterocycles. The summed E-state index contributed by atoms with van der Waals surface area (Å²) in [6.45, 7) is 11.8. The first-order valence-electron chi connectivity index (χ1n) is 15.3. The molecule has 0 saturated carbocycles. The van der Waals surface area contributed by atoms with Gasteiger partial charge >= 0.3 is 0 Å². The van der Waals surface area contributed by atoms with E-state index in [1.165, 1.54) is 26.0 Å². The summed E-state index contributed by atoms with van der Waals surface area (Å²) in [4.78, 5) is 61.9. The molecule has 1 heterocycles. The van der Waals surface area contributed by atoms with Gasteiger partial charge in [-0.25, -0.2) is 4.99 Å². The molecule has 248 valence electrons. The molecule has 0 radical (unpaired) electrons. The van der Waals surface area contributed by atoms with Crippen molar-refractivity contribution in [1.82, 2.24) is 10.6 Å². The van der Waals surface area contributed by atoms with Crippen LogP contribution in [0.25, 0.3) is 0 Å². The van der Waals surface area contributed by atoms with Crippen LogP contribution in [0.3, 0.4) is 0 Å². The van der Waals surface area contributed by atoms with Crippen molar-refractivity contribution in [3.63, 3.8) is 0 Å². The molecule has 11 nitrogen and oxygen atoms in total. The van der Waals surface area contributed by atoms with Crippen molar-refractivity contribution < 1.29 is 33.4 Å². The van der Waals surface area contributed by atoms with Gasteiger partial charge in [0.2, 0.25) is 11.8 Å². The lowest BCUT2D eigenvalue weighted by molar-refractivity contribution is -0.128. The maximum Gasteiger partial charge on any atom is 0.258 e. The minimum atomic E-state index is -0.548. The van der Waals surface area contributed by atoms with E-state index in [1.54, 1.807) is 18.2 Å². The number of hydrogen-bond donors (Lipinski definition) is 3. The number of amides is 3. The zero-order valence-corrected chi connectivity index (χ0v) is 27.6. The van der Waals surface area contributed by atoms with Gasteiger partial charge in [-0.15, -0.1) is 0 Å². The summed E-state index contributed by atoms with van der Waals surface area (Å²) in [6, 6.07) is 14.5. The van der Waals surface area contributed by atoms with E-state index in [-0.39, 0.29) is 55.3 Å². The highest BCUT2D eigenvalue weighted by molar-refractivity contribution is 6.17. The Hall–Kier alpha value is -4.64. The van der Waals surface area contributed by atoms with E-state index in [9.17, 15) is 24.0 Å². The van der Waals surface area contributed by atoms with Crippen LogP contribution < -0.4 is 20.7 Å². The van der Waals surface area contributed by atoms with Gasteiger partial charge in [0.05, 0.1) is 35.5 Å². The lowest BCUT2D eigenvalue weighted by Crippen LogP contribution is -2.39. The van der Waals surface area contributed by atoms with Crippen LogP contribution in [0.15, 0.2) is 65.7 Å². The van der Waals surface area contributed by atoms with E-state index in [2.05, 4.69) is 34.8 Å². The third-order valence-electron chi connectivity index (χ3n) is 6.41. The van der Waals surface area contributed by atoms with Crippen molar-refractivity contribution in [1.29, 1.82) is 0 Å². The monoisotopic (exact) mass is 634 g/mol. The molecule has 0 unspecified atom stereocenters. The number of nitrogens with zero attached hydrogens (tertiary/aromatic N) is 1. The van der Waals surface area contributed by atoms with Gasteiger partial charge in [0.1, 0.15) is 5.75 Å². The zero-order valence-electron chi connectivity index (χ0n) is 27.6. The van der Waals surface area contributed by atoms with Gasteiger partial charge < -0.3 is 25.4 Å². The number of fused-ring (bicyclic) bond motifs is 1. The number of carbonyl (C=O) groups is 5. The van der Waals surface area contributed by atoms with Gasteiger partial charge in [0, 0.05) is 25.3 Å². The maximum atomic E-state index is 12.4. The Balaban J connectivity index is 0.000000812. The van der Waals surface area contributed by atoms with Crippen LogP contribution in [-0.4, -0.2) is 66.9 Å². The summed E-state index contributed by atoms with van der Waals surface area (Å²) in [7, 11) is 0. The summed E-state index contributed by atoms with van der Waals surface area (Å²) in [5.74, 6) is 0.187. The number of benzene rings is 2. The van der Waals surface area contributed by atoms with Crippen LogP contribution in [0.2, 0.25) is 0 Å². The largest absolute Gasteiger partial charge is 0.483 e. The predicted molar refractivity (Wildman–Crippen MR) is 178 cm³/mol. The number of nitrogens with one attached hydrogen (secondary N) is 3. The standard InChI is InChI=1S/C29H38N4O5.C6H8O2/c1-20(2)13-16-38-29(3,4)18-27(35)30-14-15-31-28(36)19-37-25-12-8-5-9-21(25)24-17-26(34)33-23-11-7-6-10-22(23)32-24;1-5(7)3-4-6(2)8/h5-12,20H,13-19H2,1-4H3,(H,30,35)(H,31,36)(H,33,34);3-4H,1-2H3/b;4-3-. The lowest BCUT2D eigenvalue weighted by Gasteiger charge is -2.25. The number of anilines is 1. The molecule has 1 aliphatic heterocycles. The van der Waals surface area contributed by atoms with E-state index in [1.807, 2.05) is 44.2 Å². The molecule has 0 bridgehead atoms. The quantitative estimate of drug-likeness (QED) is 0.190. The van der Waals surface area contributed by atoms with Crippen molar-refractivity contribution >= 4 is 46.4 Å². The Morgan fingerprint density at radius 3 is 2.20 bits per heavy atom. The van der Waals surface area contributed by atoms with Crippen molar-refractivity contribution in [2.45, 2.75) is 66.4 Å². The lowest BCUT2D eigenvalue weighted by atomic mass is 10.0. The average molecular weight is 635 g/mol. The van der Waals surface area contributed by atoms with Crippen LogP contribution in [-0.2, 0) is 28.7 Å². The van der Waals surface area contributed by atoms with Gasteiger partial charge in [-0.1, -0.05) is 38.1 Å². The third-order valence-corrected chi connectivity index (χ3v) is 6.41. The maximum absolute atomic E-state index is 12.4. The SMILES string of the molecule is CC(=O)/C=C\C(C)=O.CC(C)CCOC(C)(C)CC(=O)NCCNC(=O)COc1ccccc1C1=Nc2ccccc2NC(=O)C1. The fraction of sp³-hybridized carbons (Fsp3) is 0.429. The first kappa shape index (κ1) is 37.5. The predicted octanol–water partition coefficient (Wildman–Crippen LogP) is 4.71. The topological polar surface area (TPSA) is 152 Å². The van der Waals surface area contributed by atoms with Gasteiger partial charge in [-0.2, -0.15) is 0 Å². The number of ketones is 2. The molecule has 11 heteroatoms. The van der Waals surface area contributed by atoms with Crippen LogP contribution in [0.5, 0.6) is 5.75 Å². The highest BCUT2D eigenvalue weighted by Gasteiger charge is 2.23. The fourth-order valence-electron chi connectivity index (χ4n) is 4.10. The second-order valence-corrected chi connectivity index (χ2v) is 11.8. The van der Waals surface area contributed by atoms with Crippen LogP contribution in [0.1, 0.15) is 66.4 Å². The molecule has 3 rings (SSSR count). The molecule has 1 aliphatic rings. The molecular formula is C35H46N4O7. The van der Waals surface area contributed by atoms with Crippen LogP contribution in [0, 0.1) is 5.92 Å². The number of carbonyl (C=O) groups excluding carboxylic acids is 5. The Labute approximate surface area is 271 Å². The molecule has 2 aromatic carbocycles. The molecule has 0 saturated heterocycles. The highest BCUT2D eigenvalue weighted by atomic mass is 16.5. The van der Waals surface area contributed by atoms with Gasteiger partial charge in [0.25, 0.3) is 5.91 Å². The van der Waals surface area contributed by atoms with E-state index in [0.717, 1.165) is 6.42 Å². The first-order chi connectivity index (χ1) is 21.8. The van der Waals surface area contributed by atoms with E-state index in [0.29, 0.717) is 47.5 Å². The summed E-state index contributed by atoms with van der Waals surface area (Å²) in [5.41, 5.74) is 1.97. The first-order valence-corrected chi connectivity index (χ1v) is 15.3. The van der Waals surface area contributed by atoms with Gasteiger partial charge in [-0.05, 0) is 76.5 Å². The Morgan fingerprint density at radius 2 is 1.54 bits per heavy atom. The molecule has 3 amide bonds. The number of rotatable bonds is 15. The van der Waals surface area contributed by atoms with Gasteiger partial charge in [-0.3, -0.25) is 24.0 Å². The average Bonchev–Trinajstić information content (AvgIpc) is 3.15. The van der Waals surface area contributed by atoms with Crippen LogP contribution >= 0.6 is 0 Å².